The molecule has 5 nitrogen and oxygen atoms in total. The van der Waals surface area contributed by atoms with Crippen LogP contribution in [0, 0.1) is 0 Å². The molecular formula is C19H19NO4. The van der Waals surface area contributed by atoms with Crippen LogP contribution in [0.25, 0.3) is 0 Å². The molecule has 0 atom stereocenters. The van der Waals surface area contributed by atoms with Gasteiger partial charge in [-0.05, 0) is 32.0 Å². The largest absolute Gasteiger partial charge is 0.462 e. The van der Waals surface area contributed by atoms with Crippen LogP contribution in [0.1, 0.15) is 40.1 Å². The van der Waals surface area contributed by atoms with E-state index in [9.17, 15) is 9.59 Å². The van der Waals surface area contributed by atoms with Crippen LogP contribution in [-0.4, -0.2) is 35.8 Å². The quantitative estimate of drug-likeness (QED) is 0.879. The number of benzene rings is 2. The highest BCUT2D eigenvalue weighted by Gasteiger charge is 2.26. The highest BCUT2D eigenvalue weighted by molar-refractivity contribution is 6.54. The summed E-state index contributed by atoms with van der Waals surface area (Å²) in [5.74, 6) is -0.525. The average Bonchev–Trinajstić information content (AvgIpc) is 2.93. The number of hydrogen-bond donors (Lipinski definition) is 1. The minimum atomic E-state index is -0.406. The summed E-state index contributed by atoms with van der Waals surface area (Å²) in [5.41, 5.74) is 2.62. The molecule has 24 heavy (non-hydrogen) atoms. The predicted octanol–water partition coefficient (Wildman–Crippen LogP) is 3.18. The topological polar surface area (TPSA) is 76.0 Å². The van der Waals surface area contributed by atoms with Crippen LogP contribution in [-0.2, 0) is 4.74 Å². The van der Waals surface area contributed by atoms with Gasteiger partial charge in [-0.3, -0.25) is 4.79 Å². The molecule has 0 spiro atoms. The lowest BCUT2D eigenvalue weighted by Gasteiger charge is -2.02. The van der Waals surface area contributed by atoms with Gasteiger partial charge in [-0.25, -0.2) is 9.79 Å². The van der Waals surface area contributed by atoms with Gasteiger partial charge in [0.15, 0.2) is 0 Å². The van der Waals surface area contributed by atoms with Crippen LogP contribution in [0.4, 0.5) is 5.69 Å². The fourth-order valence-corrected chi connectivity index (χ4v) is 2.25. The van der Waals surface area contributed by atoms with Crippen LogP contribution in [0.3, 0.4) is 0 Å². The molecule has 0 radical (unpaired) electrons. The maximum Gasteiger partial charge on any atom is 0.338 e. The Bertz CT molecular complexity index is 766. The molecule has 0 bridgehead atoms. The van der Waals surface area contributed by atoms with Crippen LogP contribution in [0.2, 0.25) is 0 Å². The van der Waals surface area contributed by atoms with Crippen molar-refractivity contribution < 1.29 is 19.4 Å². The normalized spacial score (nSPS) is 12.0. The smallest absolute Gasteiger partial charge is 0.338 e. The summed E-state index contributed by atoms with van der Waals surface area (Å²) in [5, 5.41) is 7.57. The summed E-state index contributed by atoms with van der Waals surface area (Å²) < 4.78 is 4.95. The zero-order chi connectivity index (χ0) is 17.5. The third kappa shape index (κ3) is 3.75. The fraction of sp³-hybridized carbons (Fsp3) is 0.211. The maximum atomic E-state index is 12.4. The van der Waals surface area contributed by atoms with Crippen molar-refractivity contribution in [3.63, 3.8) is 0 Å². The highest BCUT2D eigenvalue weighted by atomic mass is 16.5. The van der Waals surface area contributed by atoms with Crippen molar-refractivity contribution in [1.29, 1.82) is 0 Å². The predicted molar refractivity (Wildman–Crippen MR) is 92.1 cm³/mol. The number of nitrogens with zero attached hydrogens (tertiary/aromatic N) is 1. The molecule has 2 aromatic carbocycles. The Balaban J connectivity index is 0.000000647. The van der Waals surface area contributed by atoms with Crippen molar-refractivity contribution in [3.8, 4) is 0 Å². The molecule has 2 aromatic rings. The Hall–Kier alpha value is -2.79. The van der Waals surface area contributed by atoms with Crippen LogP contribution < -0.4 is 0 Å². The number of esters is 1. The summed E-state index contributed by atoms with van der Waals surface area (Å²) in [4.78, 5) is 28.4. The van der Waals surface area contributed by atoms with E-state index in [1.165, 1.54) is 0 Å². The van der Waals surface area contributed by atoms with Crippen molar-refractivity contribution >= 4 is 23.2 Å². The van der Waals surface area contributed by atoms with Gasteiger partial charge in [-0.1, -0.05) is 30.3 Å². The second kappa shape index (κ2) is 8.17. The number of fused-ring (bicyclic) bond motifs is 1. The van der Waals surface area contributed by atoms with Gasteiger partial charge in [-0.15, -0.1) is 0 Å². The van der Waals surface area contributed by atoms with Gasteiger partial charge < -0.3 is 9.84 Å². The number of Topliss-reactive ketones (excluding diaryl/α,β-unsaturated/α-hetero) is 1. The van der Waals surface area contributed by atoms with Crippen LogP contribution in [0.15, 0.2) is 53.5 Å². The van der Waals surface area contributed by atoms with Crippen molar-refractivity contribution in [2.24, 2.45) is 4.99 Å². The third-order valence-corrected chi connectivity index (χ3v) is 3.25. The third-order valence-electron chi connectivity index (χ3n) is 3.25. The molecule has 3 rings (SSSR count). The number of carbonyl (C=O) groups is 2. The molecule has 1 aliphatic rings. The molecule has 5 heteroatoms. The van der Waals surface area contributed by atoms with Crippen LogP contribution >= 0.6 is 0 Å². The van der Waals surface area contributed by atoms with E-state index in [1.54, 1.807) is 32.0 Å². The zero-order valence-electron chi connectivity index (χ0n) is 13.7. The maximum absolute atomic E-state index is 12.4. The second-order valence-corrected chi connectivity index (χ2v) is 4.92. The molecule has 124 valence electrons. The van der Waals surface area contributed by atoms with E-state index in [1.807, 2.05) is 30.3 Å². The van der Waals surface area contributed by atoms with E-state index in [-0.39, 0.29) is 12.4 Å². The number of aliphatic imine (C=N–C) groups is 1. The second-order valence-electron chi connectivity index (χ2n) is 4.92. The summed E-state index contributed by atoms with van der Waals surface area (Å²) in [7, 11) is 0. The zero-order valence-corrected chi connectivity index (χ0v) is 13.7. The van der Waals surface area contributed by atoms with Gasteiger partial charge in [0.25, 0.3) is 0 Å². The monoisotopic (exact) mass is 325 g/mol. The van der Waals surface area contributed by atoms with Crippen LogP contribution in [0.5, 0.6) is 0 Å². The molecule has 0 amide bonds. The Morgan fingerprint density at radius 3 is 2.42 bits per heavy atom. The molecule has 0 unspecified atom stereocenters. The molecule has 1 N–H and O–H groups in total. The Morgan fingerprint density at radius 2 is 1.79 bits per heavy atom. The number of carbonyl (C=O) groups excluding carboxylic acids is 2. The standard InChI is InChI=1S/C17H13NO3.C2H6O/c1-2-21-17(20)12-8-9-13-14(10-12)18-15(16(13)19)11-6-4-3-5-7-11;1-2-3/h3-10H,2H2,1H3;3H,2H2,1H3. The van der Waals surface area contributed by atoms with Gasteiger partial charge in [0.05, 0.1) is 17.9 Å². The highest BCUT2D eigenvalue weighted by Crippen LogP contribution is 2.30. The van der Waals surface area contributed by atoms with E-state index in [2.05, 4.69) is 4.99 Å². The molecule has 0 aliphatic carbocycles. The van der Waals surface area contributed by atoms with E-state index >= 15 is 0 Å². The van der Waals surface area contributed by atoms with Crippen molar-refractivity contribution in [2.45, 2.75) is 13.8 Å². The molecule has 0 aromatic heterocycles. The molecule has 0 fully saturated rings. The Labute approximate surface area is 140 Å². The number of ether oxygens (including phenoxy) is 1. The number of rotatable bonds is 3. The molecule has 1 aliphatic heterocycles. The van der Waals surface area contributed by atoms with E-state index < -0.39 is 5.97 Å². The number of ketones is 1. The van der Waals surface area contributed by atoms with E-state index in [0.29, 0.717) is 29.1 Å². The molecule has 1 heterocycles. The molecule has 0 saturated heterocycles. The minimum Gasteiger partial charge on any atom is -0.462 e. The van der Waals surface area contributed by atoms with Crippen molar-refractivity contribution in [1.82, 2.24) is 0 Å². The summed E-state index contributed by atoms with van der Waals surface area (Å²) in [6.07, 6.45) is 0. The SMILES string of the molecule is CCO.CCOC(=O)c1ccc2c(c1)N=C(c1ccccc1)C2=O. The average molecular weight is 325 g/mol. The van der Waals surface area contributed by atoms with E-state index in [0.717, 1.165) is 5.56 Å². The first-order valence-corrected chi connectivity index (χ1v) is 7.73. The first kappa shape index (κ1) is 17.6. The lowest BCUT2D eigenvalue weighted by molar-refractivity contribution is 0.0526. The first-order valence-electron chi connectivity index (χ1n) is 7.73. The Kier molecular flexibility index (Phi) is 5.98. The van der Waals surface area contributed by atoms with Crippen molar-refractivity contribution in [2.75, 3.05) is 13.2 Å². The van der Waals surface area contributed by atoms with Gasteiger partial charge in [0.1, 0.15) is 5.71 Å². The number of aliphatic hydroxyl groups is 1. The fourth-order valence-electron chi connectivity index (χ4n) is 2.25. The van der Waals surface area contributed by atoms with E-state index in [4.69, 9.17) is 9.84 Å². The van der Waals surface area contributed by atoms with Crippen molar-refractivity contribution in [3.05, 3.63) is 65.2 Å². The van der Waals surface area contributed by atoms with Gasteiger partial charge in [-0.2, -0.15) is 0 Å². The summed E-state index contributed by atoms with van der Waals surface area (Å²) in [6.45, 7) is 3.99. The number of hydrogen-bond acceptors (Lipinski definition) is 5. The molecule has 0 saturated carbocycles. The number of aliphatic hydroxyl groups excluding tert-OH is 1. The summed E-state index contributed by atoms with van der Waals surface area (Å²) >= 11 is 0. The minimum absolute atomic E-state index is 0.119. The Morgan fingerprint density at radius 1 is 1.12 bits per heavy atom. The lowest BCUT2D eigenvalue weighted by atomic mass is 10.0. The van der Waals surface area contributed by atoms with Gasteiger partial charge >= 0.3 is 5.97 Å². The van der Waals surface area contributed by atoms with Gasteiger partial charge in [0.2, 0.25) is 5.78 Å². The molecular weight excluding hydrogens is 306 g/mol. The summed E-state index contributed by atoms with van der Waals surface area (Å²) in [6, 6.07) is 14.1. The first-order chi connectivity index (χ1) is 11.6. The van der Waals surface area contributed by atoms with Gasteiger partial charge in [0, 0.05) is 17.7 Å². The lowest BCUT2D eigenvalue weighted by Crippen LogP contribution is -2.11.